The van der Waals surface area contributed by atoms with Gasteiger partial charge >= 0.3 is 11.9 Å². The van der Waals surface area contributed by atoms with Crippen LogP contribution in [0.15, 0.2) is 24.3 Å². The molecule has 5 rings (SSSR count). The van der Waals surface area contributed by atoms with Crippen LogP contribution in [0.2, 0.25) is 5.15 Å². The van der Waals surface area contributed by atoms with Crippen molar-refractivity contribution in [3.8, 4) is 0 Å². The van der Waals surface area contributed by atoms with Crippen molar-refractivity contribution in [1.82, 2.24) is 9.97 Å². The van der Waals surface area contributed by atoms with E-state index < -0.39 is 23.8 Å². The fraction of sp³-hybridized carbons (Fsp3) is 0.600. The fourth-order valence-corrected chi connectivity index (χ4v) is 5.53. The minimum Gasteiger partial charge on any atom is -0.465 e. The lowest BCUT2D eigenvalue weighted by atomic mass is 9.82. The van der Waals surface area contributed by atoms with Gasteiger partial charge in [0, 0.05) is 63.5 Å². The van der Waals surface area contributed by atoms with E-state index in [2.05, 4.69) is 14.7 Å². The number of hydrogen-bond donors (Lipinski definition) is 0. The minimum absolute atomic E-state index is 0.112. The van der Waals surface area contributed by atoms with Crippen molar-refractivity contribution in [2.75, 3.05) is 50.2 Å². The van der Waals surface area contributed by atoms with Gasteiger partial charge in [-0.1, -0.05) is 18.0 Å². The number of anilines is 2. The lowest BCUT2D eigenvalue weighted by Gasteiger charge is -2.28. The number of esters is 2. The maximum Gasteiger partial charge on any atom is 0.341 e. The lowest BCUT2D eigenvalue weighted by molar-refractivity contribution is -0.0109. The van der Waals surface area contributed by atoms with E-state index >= 15 is 0 Å². The van der Waals surface area contributed by atoms with Crippen LogP contribution < -0.4 is 9.80 Å². The Labute approximate surface area is 253 Å². The second-order valence-corrected chi connectivity index (χ2v) is 11.5. The Morgan fingerprint density at radius 2 is 1.23 bits per heavy atom. The Morgan fingerprint density at radius 3 is 1.70 bits per heavy atom. The molecule has 0 spiro atoms. The van der Waals surface area contributed by atoms with E-state index in [-0.39, 0.29) is 49.5 Å². The molecule has 1 aliphatic carbocycles. The summed E-state index contributed by atoms with van der Waals surface area (Å²) < 4.78 is 63.5. The highest BCUT2D eigenvalue weighted by Gasteiger charge is 2.35. The molecule has 236 valence electrons. The van der Waals surface area contributed by atoms with Gasteiger partial charge in [-0.2, -0.15) is 0 Å². The van der Waals surface area contributed by atoms with Crippen molar-refractivity contribution < 1.29 is 36.6 Å². The van der Waals surface area contributed by atoms with Crippen LogP contribution in [0.4, 0.5) is 29.2 Å². The van der Waals surface area contributed by atoms with Crippen molar-refractivity contribution in [3.63, 3.8) is 0 Å². The molecule has 0 atom stereocenters. The number of rotatable bonds is 5. The summed E-state index contributed by atoms with van der Waals surface area (Å²) in [6.45, 7) is 1.23. The smallest absolute Gasteiger partial charge is 0.341 e. The average molecular weight is 629 g/mol. The number of aromatic nitrogens is 2. The second-order valence-electron chi connectivity index (χ2n) is 11.1. The quantitative estimate of drug-likeness (QED) is 0.201. The molecule has 13 heteroatoms. The SMILES string of the molecule is COC(=O)c1ccc(C2CCC2)nc1N1CCCC(F)(F)CC1.COC(=O)c1ccc(Cl)nc1N1CCCC(F)(F)CC1. The van der Waals surface area contributed by atoms with Crippen LogP contribution in [0.1, 0.15) is 90.1 Å². The number of nitrogens with zero attached hydrogens (tertiary/aromatic N) is 4. The van der Waals surface area contributed by atoms with E-state index in [0.29, 0.717) is 49.0 Å². The molecular formula is C30H37ClF4N4O4. The molecule has 43 heavy (non-hydrogen) atoms. The molecule has 3 aliphatic rings. The number of carbonyl (C=O) groups is 2. The number of alkyl halides is 4. The Kier molecular flexibility index (Phi) is 10.7. The molecule has 0 aromatic carbocycles. The first-order valence-corrected chi connectivity index (χ1v) is 14.9. The predicted molar refractivity (Wildman–Crippen MR) is 155 cm³/mol. The molecule has 2 aromatic heterocycles. The number of methoxy groups -OCH3 is 2. The Morgan fingerprint density at radius 1 is 0.744 bits per heavy atom. The van der Waals surface area contributed by atoms with Gasteiger partial charge in [0.15, 0.2) is 0 Å². The monoisotopic (exact) mass is 628 g/mol. The first-order valence-electron chi connectivity index (χ1n) is 14.5. The van der Waals surface area contributed by atoms with Crippen LogP contribution in [0.25, 0.3) is 0 Å². The van der Waals surface area contributed by atoms with Gasteiger partial charge in [0.2, 0.25) is 11.8 Å². The summed E-state index contributed by atoms with van der Waals surface area (Å²) in [6.07, 6.45) is 3.38. The minimum atomic E-state index is -2.67. The Balaban J connectivity index is 0.000000199. The van der Waals surface area contributed by atoms with Gasteiger partial charge in [-0.15, -0.1) is 0 Å². The van der Waals surface area contributed by atoms with E-state index in [1.165, 1.54) is 32.8 Å². The zero-order chi connectivity index (χ0) is 31.2. The summed E-state index contributed by atoms with van der Waals surface area (Å²) in [5, 5.41) is 0.212. The van der Waals surface area contributed by atoms with Crippen molar-refractivity contribution in [3.05, 3.63) is 46.2 Å². The van der Waals surface area contributed by atoms with Gasteiger partial charge in [-0.05, 0) is 49.9 Å². The van der Waals surface area contributed by atoms with Gasteiger partial charge in [0.05, 0.1) is 14.2 Å². The standard InChI is InChI=1S/C17H22F2N2O2.C13H15ClF2N2O2/c1-23-16(22)13-6-7-14(12-4-2-5-12)20-15(13)21-10-3-8-17(18,19)9-11-21;1-20-12(19)9-3-4-10(14)17-11(9)18-7-2-5-13(15,16)6-8-18/h6-7,12H,2-5,8-11H2,1H3;3-4H,2,5-8H2,1H3. The van der Waals surface area contributed by atoms with Gasteiger partial charge in [0.1, 0.15) is 27.9 Å². The van der Waals surface area contributed by atoms with E-state index in [0.717, 1.165) is 18.5 Å². The van der Waals surface area contributed by atoms with E-state index in [1.54, 1.807) is 11.0 Å². The molecule has 4 heterocycles. The predicted octanol–water partition coefficient (Wildman–Crippen LogP) is 6.91. The number of ether oxygens (including phenoxy) is 2. The van der Waals surface area contributed by atoms with E-state index in [1.807, 2.05) is 11.0 Å². The lowest BCUT2D eigenvalue weighted by Crippen LogP contribution is -2.29. The summed E-state index contributed by atoms with van der Waals surface area (Å²) in [5.41, 5.74) is 1.55. The molecule has 2 aliphatic heterocycles. The van der Waals surface area contributed by atoms with Crippen LogP contribution in [0, 0.1) is 0 Å². The zero-order valence-corrected chi connectivity index (χ0v) is 25.1. The normalized spacial score (nSPS) is 20.1. The number of carbonyl (C=O) groups excluding carboxylic acids is 2. The molecule has 1 saturated carbocycles. The van der Waals surface area contributed by atoms with Gasteiger partial charge in [-0.25, -0.2) is 37.1 Å². The third kappa shape index (κ3) is 8.49. The van der Waals surface area contributed by atoms with E-state index in [4.69, 9.17) is 16.3 Å². The van der Waals surface area contributed by atoms with Crippen molar-refractivity contribution >= 4 is 35.2 Å². The highest BCUT2D eigenvalue weighted by molar-refractivity contribution is 6.29. The van der Waals surface area contributed by atoms with Crippen LogP contribution in [0.3, 0.4) is 0 Å². The van der Waals surface area contributed by atoms with Crippen molar-refractivity contribution in [2.45, 2.75) is 75.6 Å². The summed E-state index contributed by atoms with van der Waals surface area (Å²) in [6, 6.07) is 6.57. The summed E-state index contributed by atoms with van der Waals surface area (Å²) in [7, 11) is 2.58. The summed E-state index contributed by atoms with van der Waals surface area (Å²) >= 11 is 5.84. The molecule has 2 aromatic rings. The highest BCUT2D eigenvalue weighted by atomic mass is 35.5. The molecule has 0 amide bonds. The maximum atomic E-state index is 13.6. The Hall–Kier alpha value is -3.15. The molecule has 8 nitrogen and oxygen atoms in total. The van der Waals surface area contributed by atoms with Gasteiger partial charge < -0.3 is 19.3 Å². The van der Waals surface area contributed by atoms with Crippen LogP contribution in [-0.4, -0.2) is 74.2 Å². The van der Waals surface area contributed by atoms with E-state index in [9.17, 15) is 27.2 Å². The van der Waals surface area contributed by atoms with Crippen molar-refractivity contribution in [2.24, 2.45) is 0 Å². The molecular weight excluding hydrogens is 592 g/mol. The molecule has 0 unspecified atom stereocenters. The molecule has 0 radical (unpaired) electrons. The fourth-order valence-electron chi connectivity index (χ4n) is 5.39. The third-order valence-corrected chi connectivity index (χ3v) is 8.32. The largest absolute Gasteiger partial charge is 0.465 e. The first kappa shape index (κ1) is 32.8. The topological polar surface area (TPSA) is 84.9 Å². The molecule has 0 N–H and O–H groups in total. The number of hydrogen-bond acceptors (Lipinski definition) is 8. The van der Waals surface area contributed by atoms with Gasteiger partial charge in [0.25, 0.3) is 0 Å². The Bertz CT molecular complexity index is 1290. The van der Waals surface area contributed by atoms with Gasteiger partial charge in [-0.3, -0.25) is 0 Å². The van der Waals surface area contributed by atoms with Crippen LogP contribution in [-0.2, 0) is 9.47 Å². The molecule has 0 bridgehead atoms. The summed E-state index contributed by atoms with van der Waals surface area (Å²) in [5.74, 6) is -5.09. The molecule has 2 saturated heterocycles. The molecule has 3 fully saturated rings. The summed E-state index contributed by atoms with van der Waals surface area (Å²) in [4.78, 5) is 36.0. The van der Waals surface area contributed by atoms with Crippen LogP contribution in [0.5, 0.6) is 0 Å². The first-order chi connectivity index (χ1) is 20.4. The van der Waals surface area contributed by atoms with Crippen LogP contribution >= 0.6 is 11.6 Å². The second kappa shape index (κ2) is 14.1. The number of halogens is 5. The maximum absolute atomic E-state index is 13.6. The highest BCUT2D eigenvalue weighted by Crippen LogP contribution is 2.38. The van der Waals surface area contributed by atoms with Crippen molar-refractivity contribution in [1.29, 1.82) is 0 Å². The zero-order valence-electron chi connectivity index (χ0n) is 24.4. The average Bonchev–Trinajstić information content (AvgIpc) is 3.25. The third-order valence-electron chi connectivity index (χ3n) is 8.11. The number of pyridine rings is 2.